The van der Waals surface area contributed by atoms with Crippen molar-refractivity contribution in [2.24, 2.45) is 0 Å². The van der Waals surface area contributed by atoms with Crippen LogP contribution in [0.2, 0.25) is 0 Å². The summed E-state index contributed by atoms with van der Waals surface area (Å²) < 4.78 is 9.92. The van der Waals surface area contributed by atoms with Crippen LogP contribution in [0.15, 0.2) is 24.3 Å². The summed E-state index contributed by atoms with van der Waals surface area (Å²) in [6.07, 6.45) is 0.762. The summed E-state index contributed by atoms with van der Waals surface area (Å²) in [5, 5.41) is 5.69. The molecule has 0 saturated carbocycles. The Kier molecular flexibility index (Phi) is 7.25. The highest BCUT2D eigenvalue weighted by molar-refractivity contribution is 5.83. The van der Waals surface area contributed by atoms with Crippen LogP contribution in [0.4, 0.5) is 0 Å². The maximum atomic E-state index is 11.5. The molecule has 0 fully saturated rings. The van der Waals surface area contributed by atoms with Crippen LogP contribution in [0.1, 0.15) is 12.5 Å². The van der Waals surface area contributed by atoms with Gasteiger partial charge >= 0.3 is 5.97 Å². The number of benzene rings is 1. The van der Waals surface area contributed by atoms with Crippen molar-refractivity contribution in [1.29, 1.82) is 0 Å². The number of para-hydroxylation sites is 1. The topological polar surface area (TPSA) is 76.7 Å². The van der Waals surface area contributed by atoms with Crippen LogP contribution in [0, 0.1) is 0 Å². The molecule has 2 N–H and O–H groups in total. The lowest BCUT2D eigenvalue weighted by molar-refractivity contribution is -0.144. The van der Waals surface area contributed by atoms with Crippen molar-refractivity contribution < 1.29 is 19.1 Å². The standard InChI is InChI=1S/C15H22N2O4/c1-11(18)17-13(15(19)21-3)10-16-9-8-12-6-4-5-7-14(12)20-2/h4-7,13,16H,8-10H2,1-3H3,(H,17,18). The second-order valence-corrected chi connectivity index (χ2v) is 4.54. The third kappa shape index (κ3) is 5.83. The molecule has 1 atom stereocenters. The van der Waals surface area contributed by atoms with Crippen molar-refractivity contribution in [3.8, 4) is 5.75 Å². The Morgan fingerprint density at radius 3 is 2.57 bits per heavy atom. The van der Waals surface area contributed by atoms with Gasteiger partial charge in [-0.15, -0.1) is 0 Å². The number of amides is 1. The molecule has 1 unspecified atom stereocenters. The lowest BCUT2D eigenvalue weighted by Gasteiger charge is -2.16. The van der Waals surface area contributed by atoms with Gasteiger partial charge in [0, 0.05) is 13.5 Å². The number of rotatable bonds is 8. The Balaban J connectivity index is 2.43. The van der Waals surface area contributed by atoms with Gasteiger partial charge in [0.25, 0.3) is 0 Å². The minimum Gasteiger partial charge on any atom is -0.496 e. The fourth-order valence-electron chi connectivity index (χ4n) is 1.96. The predicted molar refractivity (Wildman–Crippen MR) is 79.2 cm³/mol. The number of carbonyl (C=O) groups excluding carboxylic acids is 2. The lowest BCUT2D eigenvalue weighted by atomic mass is 10.1. The van der Waals surface area contributed by atoms with Gasteiger partial charge in [-0.2, -0.15) is 0 Å². The summed E-state index contributed by atoms with van der Waals surface area (Å²) in [6, 6.07) is 7.09. The summed E-state index contributed by atoms with van der Waals surface area (Å²) in [5.41, 5.74) is 1.08. The Hall–Kier alpha value is -2.08. The summed E-state index contributed by atoms with van der Waals surface area (Å²) in [7, 11) is 2.93. The van der Waals surface area contributed by atoms with Crippen molar-refractivity contribution >= 4 is 11.9 Å². The lowest BCUT2D eigenvalue weighted by Crippen LogP contribution is -2.47. The molecule has 0 bridgehead atoms. The van der Waals surface area contributed by atoms with E-state index in [9.17, 15) is 9.59 Å². The Bertz CT molecular complexity index is 476. The third-order valence-corrected chi connectivity index (χ3v) is 2.98. The largest absolute Gasteiger partial charge is 0.496 e. The highest BCUT2D eigenvalue weighted by Gasteiger charge is 2.19. The average molecular weight is 294 g/mol. The first-order valence-electron chi connectivity index (χ1n) is 6.76. The molecule has 1 aromatic carbocycles. The van der Waals surface area contributed by atoms with Gasteiger partial charge in [-0.1, -0.05) is 18.2 Å². The average Bonchev–Trinajstić information content (AvgIpc) is 2.49. The second-order valence-electron chi connectivity index (χ2n) is 4.54. The second kappa shape index (κ2) is 8.97. The highest BCUT2D eigenvalue weighted by Crippen LogP contribution is 2.17. The van der Waals surface area contributed by atoms with Crippen molar-refractivity contribution in [2.45, 2.75) is 19.4 Å². The maximum Gasteiger partial charge on any atom is 0.329 e. The number of esters is 1. The van der Waals surface area contributed by atoms with E-state index in [1.165, 1.54) is 14.0 Å². The predicted octanol–water partition coefficient (Wildman–Crippen LogP) is 0.505. The van der Waals surface area contributed by atoms with E-state index in [-0.39, 0.29) is 5.91 Å². The SMILES string of the molecule is COC(=O)C(CNCCc1ccccc1OC)NC(C)=O. The Labute approximate surface area is 124 Å². The number of ether oxygens (including phenoxy) is 2. The van der Waals surface area contributed by atoms with Gasteiger partial charge in [-0.05, 0) is 24.6 Å². The van der Waals surface area contributed by atoms with E-state index in [2.05, 4.69) is 15.4 Å². The molecule has 6 heteroatoms. The van der Waals surface area contributed by atoms with Crippen LogP contribution in [0.25, 0.3) is 0 Å². The van der Waals surface area contributed by atoms with Crippen LogP contribution in [0.5, 0.6) is 5.75 Å². The van der Waals surface area contributed by atoms with E-state index in [0.717, 1.165) is 17.7 Å². The summed E-state index contributed by atoms with van der Waals surface area (Å²) in [4.78, 5) is 22.6. The van der Waals surface area contributed by atoms with Crippen LogP contribution < -0.4 is 15.4 Å². The van der Waals surface area contributed by atoms with E-state index < -0.39 is 12.0 Å². The maximum absolute atomic E-state index is 11.5. The van der Waals surface area contributed by atoms with Gasteiger partial charge in [0.05, 0.1) is 14.2 Å². The van der Waals surface area contributed by atoms with Crippen LogP contribution in [0.3, 0.4) is 0 Å². The van der Waals surface area contributed by atoms with Crippen molar-refractivity contribution in [2.75, 3.05) is 27.3 Å². The molecule has 1 aromatic rings. The first-order chi connectivity index (χ1) is 10.1. The molecular formula is C15H22N2O4. The van der Waals surface area contributed by atoms with Crippen LogP contribution >= 0.6 is 0 Å². The van der Waals surface area contributed by atoms with Gasteiger partial charge < -0.3 is 20.1 Å². The molecule has 21 heavy (non-hydrogen) atoms. The molecule has 0 radical (unpaired) electrons. The first kappa shape index (κ1) is 17.0. The third-order valence-electron chi connectivity index (χ3n) is 2.98. The van der Waals surface area contributed by atoms with E-state index in [0.29, 0.717) is 13.1 Å². The summed E-state index contributed by atoms with van der Waals surface area (Å²) in [6.45, 7) is 2.35. The minimum atomic E-state index is -0.676. The highest BCUT2D eigenvalue weighted by atomic mass is 16.5. The molecule has 1 amide bonds. The molecule has 0 aliphatic rings. The molecule has 0 aliphatic carbocycles. The molecule has 0 aromatic heterocycles. The van der Waals surface area contributed by atoms with Crippen molar-refractivity contribution in [3.63, 3.8) is 0 Å². The smallest absolute Gasteiger partial charge is 0.329 e. The molecule has 0 heterocycles. The molecule has 116 valence electrons. The van der Waals surface area contributed by atoms with Crippen molar-refractivity contribution in [3.05, 3.63) is 29.8 Å². The van der Waals surface area contributed by atoms with E-state index in [4.69, 9.17) is 4.74 Å². The summed E-state index contributed by atoms with van der Waals surface area (Å²) >= 11 is 0. The van der Waals surface area contributed by atoms with Crippen LogP contribution in [-0.4, -0.2) is 45.2 Å². The van der Waals surface area contributed by atoms with Gasteiger partial charge in [-0.3, -0.25) is 4.79 Å². The number of nitrogens with one attached hydrogen (secondary N) is 2. The fourth-order valence-corrected chi connectivity index (χ4v) is 1.96. The normalized spacial score (nSPS) is 11.6. The summed E-state index contributed by atoms with van der Waals surface area (Å²) in [5.74, 6) is 0.109. The zero-order valence-electron chi connectivity index (χ0n) is 12.6. The van der Waals surface area contributed by atoms with E-state index >= 15 is 0 Å². The number of carbonyl (C=O) groups is 2. The van der Waals surface area contributed by atoms with Gasteiger partial charge in [-0.25, -0.2) is 4.79 Å². The van der Waals surface area contributed by atoms with Gasteiger partial charge in [0.2, 0.25) is 5.91 Å². The Morgan fingerprint density at radius 2 is 1.95 bits per heavy atom. The minimum absolute atomic E-state index is 0.267. The van der Waals surface area contributed by atoms with Gasteiger partial charge in [0.15, 0.2) is 0 Å². The molecule has 1 rings (SSSR count). The van der Waals surface area contributed by atoms with Crippen LogP contribution in [-0.2, 0) is 20.7 Å². The molecule has 0 saturated heterocycles. The molecule has 0 spiro atoms. The first-order valence-corrected chi connectivity index (χ1v) is 6.76. The number of hydrogen-bond acceptors (Lipinski definition) is 5. The molecular weight excluding hydrogens is 272 g/mol. The zero-order valence-corrected chi connectivity index (χ0v) is 12.6. The molecule has 6 nitrogen and oxygen atoms in total. The number of methoxy groups -OCH3 is 2. The zero-order chi connectivity index (χ0) is 15.7. The van der Waals surface area contributed by atoms with Crippen molar-refractivity contribution in [1.82, 2.24) is 10.6 Å². The quantitative estimate of drug-likeness (QED) is 0.539. The van der Waals surface area contributed by atoms with E-state index in [1.54, 1.807) is 7.11 Å². The fraction of sp³-hybridized carbons (Fsp3) is 0.467. The molecule has 0 aliphatic heterocycles. The Morgan fingerprint density at radius 1 is 1.24 bits per heavy atom. The monoisotopic (exact) mass is 294 g/mol. The van der Waals surface area contributed by atoms with Gasteiger partial charge in [0.1, 0.15) is 11.8 Å². The van der Waals surface area contributed by atoms with E-state index in [1.807, 2.05) is 24.3 Å². The number of hydrogen-bond donors (Lipinski definition) is 2.